The van der Waals surface area contributed by atoms with Crippen molar-refractivity contribution in [3.63, 3.8) is 0 Å². The van der Waals surface area contributed by atoms with Crippen molar-refractivity contribution in [2.24, 2.45) is 22.7 Å². The minimum atomic E-state index is -0.951. The van der Waals surface area contributed by atoms with Gasteiger partial charge >= 0.3 is 11.9 Å². The highest BCUT2D eigenvalue weighted by atomic mass is 16.6. The third-order valence-electron chi connectivity index (χ3n) is 9.54. The number of rotatable bonds is 1. The third kappa shape index (κ3) is 3.18. The van der Waals surface area contributed by atoms with Gasteiger partial charge in [0, 0.05) is 41.9 Å². The number of aliphatic hydroxyl groups is 1. The van der Waals surface area contributed by atoms with E-state index in [0.29, 0.717) is 42.6 Å². The lowest BCUT2D eigenvalue weighted by molar-refractivity contribution is -0.212. The zero-order valence-corrected chi connectivity index (χ0v) is 21.1. The maximum Gasteiger partial charge on any atom is 0.342 e. The fourth-order valence-electron chi connectivity index (χ4n) is 7.63. The van der Waals surface area contributed by atoms with Gasteiger partial charge in [0.15, 0.2) is 6.10 Å². The molecule has 0 amide bonds. The van der Waals surface area contributed by atoms with Crippen LogP contribution < -0.4 is 4.74 Å². The molecule has 0 aromatic heterocycles. The van der Waals surface area contributed by atoms with Crippen molar-refractivity contribution in [1.82, 2.24) is 0 Å². The Morgan fingerprint density at radius 2 is 1.86 bits per heavy atom. The summed E-state index contributed by atoms with van der Waals surface area (Å²) in [5.41, 5.74) is -0.773. The molecule has 0 bridgehead atoms. The molecule has 0 radical (unpaired) electrons. The Morgan fingerprint density at radius 3 is 2.51 bits per heavy atom. The summed E-state index contributed by atoms with van der Waals surface area (Å²) in [6, 6.07) is 1.40. The molecule has 7 atom stereocenters. The number of hydrogen-bond acceptors (Lipinski definition) is 8. The Hall–Kier alpha value is -2.61. The molecule has 190 valence electrons. The maximum absolute atomic E-state index is 12.9. The zero-order valence-electron chi connectivity index (χ0n) is 21.1. The molecule has 8 heteroatoms. The lowest BCUT2D eigenvalue weighted by Gasteiger charge is -2.64. The number of carbonyl (C=O) groups excluding carboxylic acids is 3. The van der Waals surface area contributed by atoms with Crippen LogP contribution in [0.2, 0.25) is 0 Å². The first-order valence-electron chi connectivity index (χ1n) is 12.4. The van der Waals surface area contributed by atoms with Crippen LogP contribution in [0.5, 0.6) is 11.5 Å². The van der Waals surface area contributed by atoms with Crippen LogP contribution in [0.3, 0.4) is 0 Å². The van der Waals surface area contributed by atoms with Gasteiger partial charge in [0.05, 0.1) is 6.10 Å². The van der Waals surface area contributed by atoms with Crippen LogP contribution in [-0.2, 0) is 25.5 Å². The van der Waals surface area contributed by atoms with Crippen LogP contribution in [0, 0.1) is 22.7 Å². The predicted molar refractivity (Wildman–Crippen MR) is 124 cm³/mol. The molecule has 0 unspecified atom stereocenters. The minimum Gasteiger partial charge on any atom is -0.507 e. The quantitative estimate of drug-likeness (QED) is 0.578. The van der Waals surface area contributed by atoms with Crippen molar-refractivity contribution < 1.29 is 38.8 Å². The number of Topliss-reactive ketones (excluding diaryl/α,β-unsaturated/α-hetero) is 1. The monoisotopic (exact) mass is 486 g/mol. The highest BCUT2D eigenvalue weighted by Crippen LogP contribution is 2.64. The Bertz CT molecular complexity index is 1140. The van der Waals surface area contributed by atoms with E-state index in [0.717, 1.165) is 0 Å². The molecule has 2 fully saturated rings. The Balaban J connectivity index is 1.70. The smallest absolute Gasteiger partial charge is 0.342 e. The summed E-state index contributed by atoms with van der Waals surface area (Å²) in [5, 5.41) is 22.2. The summed E-state index contributed by atoms with van der Waals surface area (Å²) < 4.78 is 17.5. The molecule has 0 spiro atoms. The number of ether oxygens (including phenoxy) is 3. The van der Waals surface area contributed by atoms with E-state index in [1.54, 1.807) is 6.92 Å². The van der Waals surface area contributed by atoms with E-state index in [9.17, 15) is 24.6 Å². The van der Waals surface area contributed by atoms with Crippen LogP contribution >= 0.6 is 0 Å². The number of phenols is 1. The van der Waals surface area contributed by atoms with Crippen LogP contribution in [0.1, 0.15) is 88.4 Å². The number of phenolic OH excluding ortho intramolecular Hbond substituents is 1. The van der Waals surface area contributed by atoms with E-state index in [1.165, 1.54) is 13.0 Å². The van der Waals surface area contributed by atoms with E-state index in [2.05, 4.69) is 6.92 Å². The van der Waals surface area contributed by atoms with Gasteiger partial charge in [-0.15, -0.1) is 0 Å². The lowest BCUT2D eigenvalue weighted by Crippen LogP contribution is -2.68. The van der Waals surface area contributed by atoms with Crippen molar-refractivity contribution in [3.8, 4) is 11.5 Å². The van der Waals surface area contributed by atoms with Gasteiger partial charge in [0.25, 0.3) is 0 Å². The zero-order chi connectivity index (χ0) is 25.7. The summed E-state index contributed by atoms with van der Waals surface area (Å²) in [6.07, 6.45) is -0.440. The number of hydrogen-bond donors (Lipinski definition) is 2. The van der Waals surface area contributed by atoms with Gasteiger partial charge in [-0.25, -0.2) is 4.79 Å². The molecule has 5 rings (SSSR count). The first-order chi connectivity index (χ1) is 16.2. The van der Waals surface area contributed by atoms with Gasteiger partial charge < -0.3 is 24.4 Å². The van der Waals surface area contributed by atoms with Gasteiger partial charge in [-0.2, -0.15) is 0 Å². The van der Waals surface area contributed by atoms with Crippen LogP contribution in [0.15, 0.2) is 6.07 Å². The van der Waals surface area contributed by atoms with Crippen molar-refractivity contribution in [3.05, 3.63) is 22.8 Å². The molecule has 0 saturated heterocycles. The van der Waals surface area contributed by atoms with E-state index >= 15 is 0 Å². The van der Waals surface area contributed by atoms with Crippen LogP contribution in [-0.4, -0.2) is 45.7 Å². The van der Waals surface area contributed by atoms with E-state index in [4.69, 9.17) is 14.2 Å². The van der Waals surface area contributed by atoms with Gasteiger partial charge in [-0.3, -0.25) is 9.59 Å². The molecular weight excluding hydrogens is 452 g/mol. The summed E-state index contributed by atoms with van der Waals surface area (Å²) in [5.74, 6) is -1.17. The van der Waals surface area contributed by atoms with E-state index in [-0.39, 0.29) is 34.3 Å². The summed E-state index contributed by atoms with van der Waals surface area (Å²) in [6.45, 7) is 11.0. The fraction of sp³-hybridized carbons (Fsp3) is 0.667. The number of aromatic hydroxyl groups is 1. The second-order valence-corrected chi connectivity index (χ2v) is 11.8. The van der Waals surface area contributed by atoms with Crippen LogP contribution in [0.4, 0.5) is 0 Å². The fourth-order valence-corrected chi connectivity index (χ4v) is 7.63. The average molecular weight is 487 g/mol. The number of carbonyl (C=O) groups is 3. The second-order valence-electron chi connectivity index (χ2n) is 11.8. The predicted octanol–water partition coefficient (Wildman–Crippen LogP) is 3.64. The number of ketones is 1. The molecule has 4 aliphatic rings. The molecule has 2 N–H and O–H groups in total. The van der Waals surface area contributed by atoms with Crippen LogP contribution in [0.25, 0.3) is 0 Å². The molecule has 2 heterocycles. The van der Waals surface area contributed by atoms with Crippen molar-refractivity contribution in [2.45, 2.75) is 91.1 Å². The van der Waals surface area contributed by atoms with E-state index in [1.807, 2.05) is 20.8 Å². The molecule has 2 aliphatic carbocycles. The Morgan fingerprint density at radius 1 is 1.17 bits per heavy atom. The molecular formula is C27H34O8. The lowest BCUT2D eigenvalue weighted by atomic mass is 9.43. The average Bonchev–Trinajstić information content (AvgIpc) is 2.75. The molecule has 1 aromatic carbocycles. The second kappa shape index (κ2) is 7.45. The topological polar surface area (TPSA) is 119 Å². The van der Waals surface area contributed by atoms with E-state index < -0.39 is 41.3 Å². The third-order valence-corrected chi connectivity index (χ3v) is 9.54. The molecule has 2 saturated carbocycles. The van der Waals surface area contributed by atoms with Gasteiger partial charge in [0.2, 0.25) is 0 Å². The summed E-state index contributed by atoms with van der Waals surface area (Å²) >= 11 is 0. The first-order valence-corrected chi connectivity index (χ1v) is 12.4. The number of cyclic esters (lactones) is 1. The molecule has 1 aromatic rings. The van der Waals surface area contributed by atoms with Gasteiger partial charge in [-0.05, 0) is 44.4 Å². The largest absolute Gasteiger partial charge is 0.507 e. The molecule has 2 aliphatic heterocycles. The summed E-state index contributed by atoms with van der Waals surface area (Å²) in [4.78, 5) is 37.6. The van der Waals surface area contributed by atoms with Gasteiger partial charge in [-0.1, -0.05) is 20.8 Å². The Kier molecular flexibility index (Phi) is 5.13. The summed E-state index contributed by atoms with van der Waals surface area (Å²) in [7, 11) is 0. The SMILES string of the molecule is CC(=O)O[C@@H]1c2c3c(cc(O)c2C(=O)O[C@@H]1C)O[C@@]1(C)[C@@H](O)C[C@H]2C(C)(C)C(=O)CC[C@]2(C)[C@@H]1C3. The van der Waals surface area contributed by atoms with Crippen molar-refractivity contribution >= 4 is 17.7 Å². The minimum absolute atomic E-state index is 0.0162. The standard InChI is InChI=1S/C27H34O8/c1-12-23(34-13(2)28)21-14-9-18-26(5)8-7-19(30)25(3,4)17(26)11-20(31)27(18,6)35-16(14)10-15(29)22(21)24(32)33-12/h10,12,17-18,20,23,29,31H,7-9,11H2,1-6H3/t12-,17+,18+,20+,23+,26+,27-/m1/s1. The normalized spacial score (nSPS) is 39.2. The molecule has 35 heavy (non-hydrogen) atoms. The highest BCUT2D eigenvalue weighted by molar-refractivity contribution is 5.96. The highest BCUT2D eigenvalue weighted by Gasteiger charge is 2.66. The van der Waals surface area contributed by atoms with Gasteiger partial charge in [0.1, 0.15) is 34.6 Å². The number of esters is 2. The number of fused-ring (bicyclic) bond motifs is 6. The first kappa shape index (κ1) is 24.1. The van der Waals surface area contributed by atoms with Crippen molar-refractivity contribution in [1.29, 1.82) is 0 Å². The number of benzene rings is 1. The number of aliphatic hydroxyl groups excluding tert-OH is 1. The van der Waals surface area contributed by atoms with Crippen molar-refractivity contribution in [2.75, 3.05) is 0 Å². The molecule has 8 nitrogen and oxygen atoms in total. The Labute approximate surface area is 204 Å². The maximum atomic E-state index is 12.9.